The minimum atomic E-state index is -2.80. The summed E-state index contributed by atoms with van der Waals surface area (Å²) in [6.07, 6.45) is 14.3. The van der Waals surface area contributed by atoms with Gasteiger partial charge in [-0.3, -0.25) is 14.4 Å². The number of nitrogens with zero attached hydrogens (tertiary/aromatic N) is 1. The van der Waals surface area contributed by atoms with Gasteiger partial charge in [-0.2, -0.15) is 0 Å². The second-order valence-electron chi connectivity index (χ2n) is 12.8. The van der Waals surface area contributed by atoms with Crippen molar-refractivity contribution in [1.82, 2.24) is 5.32 Å². The number of carboxylic acids is 2. The van der Waals surface area contributed by atoms with Crippen LogP contribution in [0, 0.1) is 11.1 Å². The van der Waals surface area contributed by atoms with Crippen LogP contribution < -0.4 is 15.8 Å². The van der Waals surface area contributed by atoms with Gasteiger partial charge < -0.3 is 36.3 Å². The molecule has 0 saturated heterocycles. The van der Waals surface area contributed by atoms with Crippen molar-refractivity contribution >= 4 is 29.5 Å². The summed E-state index contributed by atoms with van der Waals surface area (Å²) in [5.74, 6) is -6.57. The van der Waals surface area contributed by atoms with Crippen LogP contribution in [0.2, 0.25) is 0 Å². The Labute approximate surface area is 290 Å². The third kappa shape index (κ3) is 17.2. The summed E-state index contributed by atoms with van der Waals surface area (Å²) in [5, 5.41) is 44.6. The topological polar surface area (TPSA) is 202 Å². The quantitative estimate of drug-likeness (QED) is 0.0214. The number of nitrogens with two attached hydrogens (primary N) is 1. The molecule has 0 aliphatic carbocycles. The van der Waals surface area contributed by atoms with Crippen LogP contribution in [0.5, 0.6) is 5.75 Å². The zero-order valence-corrected chi connectivity index (χ0v) is 29.6. The van der Waals surface area contributed by atoms with Crippen LogP contribution in [0.15, 0.2) is 48.1 Å². The predicted molar refractivity (Wildman–Crippen MR) is 189 cm³/mol. The summed E-state index contributed by atoms with van der Waals surface area (Å²) in [6.45, 7) is 6.44. The zero-order chi connectivity index (χ0) is 36.8. The number of unbranched alkanes of at least 4 members (excludes halogenated alkanes) is 8. The number of allylic oxidation sites excluding steroid dienone is 2. The molecular weight excluding hydrogens is 630 g/mol. The third-order valence-corrected chi connectivity index (χ3v) is 8.29. The fraction of sp³-hybridized carbons (Fsp3) is 0.595. The molecule has 274 valence electrons. The van der Waals surface area contributed by atoms with E-state index in [-0.39, 0.29) is 6.42 Å². The molecule has 0 aliphatic heterocycles. The lowest BCUT2D eigenvalue weighted by Crippen LogP contribution is -2.57. The molecule has 0 radical (unpaired) electrons. The van der Waals surface area contributed by atoms with Gasteiger partial charge in [0.2, 0.25) is 5.91 Å². The van der Waals surface area contributed by atoms with Crippen LogP contribution in [-0.4, -0.2) is 74.8 Å². The molecule has 0 heterocycles. The Morgan fingerprint density at radius 1 is 0.980 bits per heavy atom. The lowest BCUT2D eigenvalue weighted by Gasteiger charge is -2.30. The number of hydrogen-bond donors (Lipinski definition) is 5. The number of nitrogens with one attached hydrogen (secondary N) is 1. The van der Waals surface area contributed by atoms with E-state index in [0.29, 0.717) is 30.8 Å². The van der Waals surface area contributed by atoms with Crippen molar-refractivity contribution in [3.05, 3.63) is 58.8 Å². The van der Waals surface area contributed by atoms with Crippen molar-refractivity contribution in [3.8, 4) is 5.75 Å². The van der Waals surface area contributed by atoms with Gasteiger partial charge >= 0.3 is 11.9 Å². The lowest BCUT2D eigenvalue weighted by molar-refractivity contribution is -0.425. The Hall–Kier alpha value is -4.19. The largest absolute Gasteiger partial charge is 0.624 e. The van der Waals surface area contributed by atoms with Crippen LogP contribution in [0.3, 0.4) is 0 Å². The molecule has 3 atom stereocenters. The van der Waals surface area contributed by atoms with E-state index >= 15 is 0 Å². The number of primary amides is 1. The van der Waals surface area contributed by atoms with E-state index in [0.717, 1.165) is 61.0 Å². The lowest BCUT2D eigenvalue weighted by atomic mass is 9.82. The standard InChI is InChI=1S/C37H57N3O9/c1-5-6-7-10-13-16-29(40(4)48)17-14-11-8-9-12-15-18-31(37(47,36(38)46)26-33(41)42)34(43)39-32(35(44)45)25-28-19-21-30(22-20-28)49-24-23-27(2)3/h15,18-23,31-32,47H,5-14,16-17,24-26H2,1-4H3,(H2,38,46)(H,39,43)(H,41,42)(H,44,45)/b18-15+,40-29-/t31-,32+,37+/m1/s1. The molecule has 0 aliphatic rings. The molecule has 6 N–H and O–H groups in total. The predicted octanol–water partition coefficient (Wildman–Crippen LogP) is 5.29. The number of hydrogen-bond acceptors (Lipinski definition) is 7. The number of amides is 2. The van der Waals surface area contributed by atoms with Crippen molar-refractivity contribution in [1.29, 1.82) is 0 Å². The number of benzene rings is 1. The van der Waals surface area contributed by atoms with E-state index in [1.165, 1.54) is 32.4 Å². The normalized spacial score (nSPS) is 14.3. The van der Waals surface area contributed by atoms with Gasteiger partial charge in [0.1, 0.15) is 25.4 Å². The van der Waals surface area contributed by atoms with E-state index in [1.54, 1.807) is 30.3 Å². The zero-order valence-electron chi connectivity index (χ0n) is 29.6. The summed E-state index contributed by atoms with van der Waals surface area (Å²) in [4.78, 5) is 49.4. The van der Waals surface area contributed by atoms with Crippen LogP contribution in [0.25, 0.3) is 0 Å². The molecule has 0 saturated carbocycles. The summed E-state index contributed by atoms with van der Waals surface area (Å²) in [7, 11) is 1.54. The second-order valence-corrected chi connectivity index (χ2v) is 12.8. The van der Waals surface area contributed by atoms with Crippen molar-refractivity contribution in [2.45, 2.75) is 122 Å². The number of hydroxylamine groups is 1. The summed E-state index contributed by atoms with van der Waals surface area (Å²) < 4.78 is 6.59. The smallest absolute Gasteiger partial charge is 0.326 e. The van der Waals surface area contributed by atoms with Crippen LogP contribution in [-0.2, 0) is 25.6 Å². The molecule has 0 spiro atoms. The van der Waals surface area contributed by atoms with Gasteiger partial charge in [0, 0.05) is 19.3 Å². The minimum absolute atomic E-state index is 0.125. The fourth-order valence-electron chi connectivity index (χ4n) is 5.32. The van der Waals surface area contributed by atoms with Gasteiger partial charge in [-0.15, -0.1) is 0 Å². The highest BCUT2D eigenvalue weighted by Crippen LogP contribution is 2.25. The van der Waals surface area contributed by atoms with Crippen molar-refractivity contribution in [2.24, 2.45) is 11.7 Å². The molecular formula is C37H57N3O9. The number of carboxylic acid groups (broad SMARTS) is 2. The fourth-order valence-corrected chi connectivity index (χ4v) is 5.32. The number of carbonyl (C=O) groups is 4. The molecule has 2 amide bonds. The maximum atomic E-state index is 13.4. The molecule has 0 unspecified atom stereocenters. The number of rotatable bonds is 26. The molecule has 0 fully saturated rings. The highest BCUT2D eigenvalue weighted by Gasteiger charge is 2.47. The van der Waals surface area contributed by atoms with Crippen LogP contribution in [0.1, 0.15) is 110 Å². The molecule has 49 heavy (non-hydrogen) atoms. The maximum absolute atomic E-state index is 13.4. The Kier molecular flexibility index (Phi) is 20.3. The molecule has 12 nitrogen and oxygen atoms in total. The maximum Gasteiger partial charge on any atom is 0.326 e. The first-order valence-electron chi connectivity index (χ1n) is 17.3. The van der Waals surface area contributed by atoms with E-state index in [2.05, 4.69) is 12.2 Å². The first-order valence-corrected chi connectivity index (χ1v) is 17.3. The summed E-state index contributed by atoms with van der Waals surface area (Å²) in [6, 6.07) is 5.22. The Morgan fingerprint density at radius 3 is 2.08 bits per heavy atom. The average Bonchev–Trinajstić information content (AvgIpc) is 3.02. The number of aliphatic carboxylic acids is 2. The summed E-state index contributed by atoms with van der Waals surface area (Å²) in [5.41, 5.74) is 5.17. The first-order chi connectivity index (χ1) is 23.2. The van der Waals surface area contributed by atoms with E-state index in [4.69, 9.17) is 10.5 Å². The second kappa shape index (κ2) is 23.2. The van der Waals surface area contributed by atoms with E-state index in [1.807, 2.05) is 19.9 Å². The van der Waals surface area contributed by atoms with Crippen LogP contribution in [0.4, 0.5) is 0 Å². The van der Waals surface area contributed by atoms with E-state index in [9.17, 15) is 39.7 Å². The number of carbonyl (C=O) groups excluding carboxylic acids is 2. The number of ether oxygens (including phenoxy) is 1. The SMILES string of the molecule is CCCCCCC/C(CCCCCC/C=C/[C@H](C(=O)N[C@@H](Cc1ccc(OCC=C(C)C)cc1)C(=O)O)[C@@](O)(CC(=O)O)C(N)=O)=[N+](\C)[O-]. The highest BCUT2D eigenvalue weighted by atomic mass is 16.5. The summed E-state index contributed by atoms with van der Waals surface area (Å²) >= 11 is 0. The Bertz CT molecular complexity index is 1280. The molecule has 12 heteroatoms. The third-order valence-electron chi connectivity index (χ3n) is 8.29. The Balaban J connectivity index is 2.88. The monoisotopic (exact) mass is 687 g/mol. The van der Waals surface area contributed by atoms with Crippen molar-refractivity contribution < 1.29 is 44.0 Å². The van der Waals surface area contributed by atoms with Gasteiger partial charge in [0.25, 0.3) is 5.91 Å². The number of aliphatic hydroxyl groups is 1. The van der Waals surface area contributed by atoms with Crippen molar-refractivity contribution in [2.75, 3.05) is 13.7 Å². The van der Waals surface area contributed by atoms with Gasteiger partial charge in [0.05, 0.1) is 12.3 Å². The Morgan fingerprint density at radius 2 is 1.57 bits per heavy atom. The molecule has 0 bridgehead atoms. The average molecular weight is 688 g/mol. The molecule has 0 aromatic heterocycles. The van der Waals surface area contributed by atoms with Crippen LogP contribution >= 0.6 is 0 Å². The van der Waals surface area contributed by atoms with Gasteiger partial charge in [0.15, 0.2) is 11.3 Å². The molecule has 1 rings (SSSR count). The van der Waals surface area contributed by atoms with Gasteiger partial charge in [-0.25, -0.2) is 9.53 Å². The first kappa shape index (κ1) is 42.8. The van der Waals surface area contributed by atoms with Gasteiger partial charge in [-0.1, -0.05) is 75.3 Å². The molecule has 1 aromatic carbocycles. The highest BCUT2D eigenvalue weighted by molar-refractivity contribution is 5.96. The molecule has 1 aromatic rings. The van der Waals surface area contributed by atoms with Gasteiger partial charge in [-0.05, 0) is 63.3 Å². The van der Waals surface area contributed by atoms with E-state index < -0.39 is 47.7 Å². The minimum Gasteiger partial charge on any atom is -0.624 e. The van der Waals surface area contributed by atoms with Crippen molar-refractivity contribution in [3.63, 3.8) is 0 Å².